The minimum absolute atomic E-state index is 0.236. The van der Waals surface area contributed by atoms with Crippen molar-refractivity contribution in [3.63, 3.8) is 0 Å². The van der Waals surface area contributed by atoms with Crippen LogP contribution in [0.15, 0.2) is 48.5 Å². The average molecular weight is 664 g/mol. The summed E-state index contributed by atoms with van der Waals surface area (Å²) >= 11 is 0. The number of carbonyl (C=O) groups is 2. The molecule has 0 amide bonds. The van der Waals surface area contributed by atoms with Crippen LogP contribution in [0, 0.1) is 0 Å². The fourth-order valence-electron chi connectivity index (χ4n) is 6.58. The SMILES string of the molecule is CCCCCCCCCCCCC(C)(O)C(=O)c1ccc(N(C)c2ccc(C(=O)C(C)(O)CCCCCCCCCCCC)cc2)cc1. The van der Waals surface area contributed by atoms with Crippen LogP contribution in [0.3, 0.4) is 0 Å². The molecular weight excluding hydrogens is 594 g/mol. The molecule has 0 spiro atoms. The van der Waals surface area contributed by atoms with Crippen molar-refractivity contribution in [3.05, 3.63) is 59.7 Å². The molecule has 0 fully saturated rings. The average Bonchev–Trinajstić information content (AvgIpc) is 3.09. The quantitative estimate of drug-likeness (QED) is 0.0700. The van der Waals surface area contributed by atoms with Gasteiger partial charge in [0, 0.05) is 29.5 Å². The highest BCUT2D eigenvalue weighted by atomic mass is 16.3. The fourth-order valence-corrected chi connectivity index (χ4v) is 6.58. The van der Waals surface area contributed by atoms with E-state index in [0.29, 0.717) is 24.0 Å². The van der Waals surface area contributed by atoms with Crippen LogP contribution in [0.4, 0.5) is 11.4 Å². The number of hydrogen-bond acceptors (Lipinski definition) is 5. The molecule has 0 aliphatic heterocycles. The maximum atomic E-state index is 13.1. The van der Waals surface area contributed by atoms with Crippen molar-refractivity contribution in [1.82, 2.24) is 0 Å². The zero-order chi connectivity index (χ0) is 35.3. The van der Waals surface area contributed by atoms with E-state index >= 15 is 0 Å². The van der Waals surface area contributed by atoms with E-state index < -0.39 is 11.2 Å². The number of benzene rings is 2. The van der Waals surface area contributed by atoms with Gasteiger partial charge in [-0.1, -0.05) is 142 Å². The Morgan fingerprint density at radius 2 is 0.729 bits per heavy atom. The van der Waals surface area contributed by atoms with Gasteiger partial charge >= 0.3 is 0 Å². The Morgan fingerprint density at radius 1 is 0.479 bits per heavy atom. The van der Waals surface area contributed by atoms with Gasteiger partial charge in [-0.15, -0.1) is 0 Å². The summed E-state index contributed by atoms with van der Waals surface area (Å²) in [6.07, 6.45) is 25.3. The molecule has 0 aliphatic carbocycles. The number of hydrogen-bond donors (Lipinski definition) is 2. The lowest BCUT2D eigenvalue weighted by molar-refractivity contribution is 0.0355. The Morgan fingerprint density at radius 3 is 1.00 bits per heavy atom. The summed E-state index contributed by atoms with van der Waals surface area (Å²) < 4.78 is 0. The smallest absolute Gasteiger partial charge is 0.194 e. The maximum absolute atomic E-state index is 13.1. The molecule has 2 aromatic rings. The first-order valence-electron chi connectivity index (χ1n) is 19.5. The first kappa shape index (κ1) is 41.7. The molecule has 0 saturated carbocycles. The van der Waals surface area contributed by atoms with Crippen LogP contribution >= 0.6 is 0 Å². The molecule has 0 heterocycles. The highest BCUT2D eigenvalue weighted by Crippen LogP contribution is 2.28. The molecule has 2 unspecified atom stereocenters. The number of aliphatic hydroxyl groups is 2. The van der Waals surface area contributed by atoms with Crippen molar-refractivity contribution in [2.24, 2.45) is 0 Å². The van der Waals surface area contributed by atoms with E-state index in [2.05, 4.69) is 13.8 Å². The van der Waals surface area contributed by atoms with Gasteiger partial charge in [0.2, 0.25) is 0 Å². The van der Waals surface area contributed by atoms with Gasteiger partial charge in [0.25, 0.3) is 0 Å². The molecule has 2 atom stereocenters. The Kier molecular flexibility index (Phi) is 20.0. The van der Waals surface area contributed by atoms with Gasteiger partial charge in [-0.2, -0.15) is 0 Å². The lowest BCUT2D eigenvalue weighted by atomic mass is 9.89. The Bertz CT molecular complexity index is 1060. The molecule has 2 N–H and O–H groups in total. The van der Waals surface area contributed by atoms with Crippen molar-refractivity contribution < 1.29 is 19.8 Å². The number of unbranched alkanes of at least 4 members (excludes halogenated alkanes) is 18. The van der Waals surface area contributed by atoms with Gasteiger partial charge in [-0.25, -0.2) is 0 Å². The van der Waals surface area contributed by atoms with Crippen molar-refractivity contribution >= 4 is 22.9 Å². The van der Waals surface area contributed by atoms with E-state index in [1.54, 1.807) is 38.1 Å². The first-order chi connectivity index (χ1) is 23.0. The van der Waals surface area contributed by atoms with Gasteiger partial charge in [-0.05, 0) is 75.2 Å². The Labute approximate surface area is 293 Å². The lowest BCUT2D eigenvalue weighted by Crippen LogP contribution is -2.35. The monoisotopic (exact) mass is 664 g/mol. The summed E-state index contributed by atoms with van der Waals surface area (Å²) in [5.74, 6) is -0.472. The molecule has 0 aromatic heterocycles. The van der Waals surface area contributed by atoms with E-state index in [1.165, 1.54) is 89.9 Å². The summed E-state index contributed by atoms with van der Waals surface area (Å²) in [6.45, 7) is 7.77. The van der Waals surface area contributed by atoms with Crippen molar-refractivity contribution in [1.29, 1.82) is 0 Å². The zero-order valence-corrected chi connectivity index (χ0v) is 31.3. The minimum Gasteiger partial charge on any atom is -0.382 e. The van der Waals surface area contributed by atoms with Crippen molar-refractivity contribution in [3.8, 4) is 0 Å². The van der Waals surface area contributed by atoms with E-state index in [4.69, 9.17) is 0 Å². The van der Waals surface area contributed by atoms with Crippen molar-refractivity contribution in [2.75, 3.05) is 11.9 Å². The normalized spacial score (nSPS) is 14.0. The van der Waals surface area contributed by atoms with Crippen LogP contribution in [-0.4, -0.2) is 40.0 Å². The van der Waals surface area contributed by atoms with E-state index in [9.17, 15) is 19.8 Å². The molecule has 2 rings (SSSR count). The Balaban J connectivity index is 1.78. The fraction of sp³-hybridized carbons (Fsp3) is 0.674. The van der Waals surface area contributed by atoms with Gasteiger partial charge in [0.1, 0.15) is 11.2 Å². The number of Topliss-reactive ketones (excluding diaryl/α,β-unsaturated/α-hetero) is 2. The van der Waals surface area contributed by atoms with E-state index in [1.807, 2.05) is 36.2 Å². The third kappa shape index (κ3) is 15.4. The topological polar surface area (TPSA) is 77.8 Å². The summed E-state index contributed by atoms with van der Waals surface area (Å²) in [6, 6.07) is 14.7. The molecule has 5 heteroatoms. The Hall–Kier alpha value is -2.50. The van der Waals surface area contributed by atoms with Gasteiger partial charge in [-0.3, -0.25) is 9.59 Å². The van der Waals surface area contributed by atoms with Crippen LogP contribution in [0.2, 0.25) is 0 Å². The van der Waals surface area contributed by atoms with Crippen LogP contribution in [0.1, 0.15) is 190 Å². The molecule has 0 aliphatic rings. The first-order valence-corrected chi connectivity index (χ1v) is 19.5. The molecule has 48 heavy (non-hydrogen) atoms. The number of carbonyl (C=O) groups excluding carboxylic acids is 2. The second-order valence-corrected chi connectivity index (χ2v) is 14.7. The third-order valence-corrected chi connectivity index (χ3v) is 10.0. The molecule has 5 nitrogen and oxygen atoms in total. The van der Waals surface area contributed by atoms with Gasteiger partial charge in [0.15, 0.2) is 11.6 Å². The molecule has 2 aromatic carbocycles. The number of ketones is 2. The summed E-state index contributed by atoms with van der Waals surface area (Å²) in [7, 11) is 1.94. The summed E-state index contributed by atoms with van der Waals surface area (Å²) in [5, 5.41) is 21.9. The molecule has 0 saturated heterocycles. The molecular formula is C43H69NO4. The standard InChI is InChI=1S/C43H69NO4/c1-6-8-10-12-14-16-18-20-22-24-34-42(3,47)40(45)36-26-30-38(31-27-36)44(5)39-32-28-37(29-33-39)41(46)43(4,48)35-25-23-21-19-17-15-13-11-9-7-2/h26-33,47-48H,6-25,34-35H2,1-5H3. The van der Waals surface area contributed by atoms with E-state index in [0.717, 1.165) is 49.9 Å². The summed E-state index contributed by atoms with van der Waals surface area (Å²) in [5.41, 5.74) is 0.0699. The summed E-state index contributed by atoms with van der Waals surface area (Å²) in [4.78, 5) is 28.3. The number of rotatable bonds is 28. The number of nitrogens with zero attached hydrogens (tertiary/aromatic N) is 1. The van der Waals surface area contributed by atoms with E-state index in [-0.39, 0.29) is 11.6 Å². The highest BCUT2D eigenvalue weighted by molar-refractivity contribution is 6.03. The van der Waals surface area contributed by atoms with Crippen LogP contribution in [-0.2, 0) is 0 Å². The second-order valence-electron chi connectivity index (χ2n) is 14.7. The van der Waals surface area contributed by atoms with Crippen molar-refractivity contribution in [2.45, 2.75) is 180 Å². The number of anilines is 2. The predicted octanol–water partition coefficient (Wildman–Crippen LogP) is 11.9. The van der Waals surface area contributed by atoms with Crippen LogP contribution in [0.5, 0.6) is 0 Å². The molecule has 0 bridgehead atoms. The van der Waals surface area contributed by atoms with Gasteiger partial charge in [0.05, 0.1) is 0 Å². The van der Waals surface area contributed by atoms with Crippen LogP contribution < -0.4 is 4.90 Å². The minimum atomic E-state index is -1.37. The third-order valence-electron chi connectivity index (χ3n) is 10.0. The predicted molar refractivity (Wildman–Crippen MR) is 204 cm³/mol. The zero-order valence-electron chi connectivity index (χ0n) is 31.3. The second kappa shape index (κ2) is 23.0. The molecule has 270 valence electrons. The largest absolute Gasteiger partial charge is 0.382 e. The molecule has 0 radical (unpaired) electrons. The highest BCUT2D eigenvalue weighted by Gasteiger charge is 2.31. The maximum Gasteiger partial charge on any atom is 0.194 e. The van der Waals surface area contributed by atoms with Crippen LogP contribution in [0.25, 0.3) is 0 Å². The lowest BCUT2D eigenvalue weighted by Gasteiger charge is -2.24. The van der Waals surface area contributed by atoms with Gasteiger partial charge < -0.3 is 15.1 Å².